The zero-order valence-electron chi connectivity index (χ0n) is 11.5. The summed E-state index contributed by atoms with van der Waals surface area (Å²) < 4.78 is 11.1. The van der Waals surface area contributed by atoms with Gasteiger partial charge in [0.25, 0.3) is 0 Å². The van der Waals surface area contributed by atoms with E-state index >= 15 is 0 Å². The molecule has 0 aromatic heterocycles. The first kappa shape index (κ1) is 15.0. The molecule has 0 atom stereocenters. The molecule has 1 N–H and O–H groups in total. The van der Waals surface area contributed by atoms with Gasteiger partial charge in [0.05, 0.1) is 18.9 Å². The van der Waals surface area contributed by atoms with Crippen LogP contribution in [0.5, 0.6) is 11.5 Å². The van der Waals surface area contributed by atoms with E-state index in [1.54, 1.807) is 0 Å². The van der Waals surface area contributed by atoms with Crippen molar-refractivity contribution < 1.29 is 9.47 Å². The number of hydrogen-bond donors (Lipinski definition) is 1. The molecule has 0 saturated heterocycles. The number of anilines is 1. The van der Waals surface area contributed by atoms with Crippen LogP contribution in [0.4, 0.5) is 5.69 Å². The van der Waals surface area contributed by atoms with Crippen LogP contribution in [0, 0.1) is 0 Å². The fourth-order valence-corrected chi connectivity index (χ4v) is 2.12. The van der Waals surface area contributed by atoms with E-state index in [2.05, 4.69) is 12.2 Å². The number of ether oxygens (including phenoxy) is 2. The summed E-state index contributed by atoms with van der Waals surface area (Å²) in [5.74, 6) is 4.02. The summed E-state index contributed by atoms with van der Waals surface area (Å²) in [7, 11) is 0. The van der Waals surface area contributed by atoms with Gasteiger partial charge in [-0.25, -0.2) is 0 Å². The molecule has 0 heterocycles. The summed E-state index contributed by atoms with van der Waals surface area (Å²) in [5.41, 5.74) is 1.01. The Kier molecular flexibility index (Phi) is 7.49. The van der Waals surface area contributed by atoms with Gasteiger partial charge >= 0.3 is 0 Å². The van der Waals surface area contributed by atoms with Crippen LogP contribution in [0.3, 0.4) is 0 Å². The van der Waals surface area contributed by atoms with Gasteiger partial charge in [-0.3, -0.25) is 0 Å². The van der Waals surface area contributed by atoms with Crippen LogP contribution in [-0.2, 0) is 0 Å². The predicted octanol–water partition coefficient (Wildman–Crippen LogP) is 3.65. The maximum absolute atomic E-state index is 5.60. The largest absolute Gasteiger partial charge is 0.494 e. The fourth-order valence-electron chi connectivity index (χ4n) is 1.59. The lowest BCUT2D eigenvalue weighted by molar-refractivity contribution is 0.332. The molecule has 0 unspecified atom stereocenters. The van der Waals surface area contributed by atoms with Crippen LogP contribution < -0.4 is 14.8 Å². The number of rotatable bonds is 9. The number of hydrogen-bond acceptors (Lipinski definition) is 4. The molecule has 0 fully saturated rings. The van der Waals surface area contributed by atoms with Crippen LogP contribution in [0.1, 0.15) is 20.8 Å². The quantitative estimate of drug-likeness (QED) is 0.693. The van der Waals surface area contributed by atoms with Crippen LogP contribution in [0.25, 0.3) is 0 Å². The molecule has 0 bridgehead atoms. The third kappa shape index (κ3) is 5.08. The SMILES string of the molecule is CCOc1ccc(OCC)c(NCCSCC)c1. The number of benzene rings is 1. The first-order valence-corrected chi connectivity index (χ1v) is 7.68. The summed E-state index contributed by atoms with van der Waals surface area (Å²) in [6, 6.07) is 5.91. The molecule has 0 aliphatic heterocycles. The third-order valence-electron chi connectivity index (χ3n) is 2.33. The molecule has 0 aliphatic carbocycles. The lowest BCUT2D eigenvalue weighted by Crippen LogP contribution is -2.07. The van der Waals surface area contributed by atoms with E-state index in [4.69, 9.17) is 9.47 Å². The lowest BCUT2D eigenvalue weighted by Gasteiger charge is -2.14. The van der Waals surface area contributed by atoms with Crippen LogP contribution in [0.2, 0.25) is 0 Å². The Hall–Kier alpha value is -1.03. The second-order valence-electron chi connectivity index (χ2n) is 3.65. The monoisotopic (exact) mass is 269 g/mol. The van der Waals surface area contributed by atoms with Gasteiger partial charge in [-0.1, -0.05) is 6.92 Å². The van der Waals surface area contributed by atoms with Crippen LogP contribution in [0.15, 0.2) is 18.2 Å². The van der Waals surface area contributed by atoms with Gasteiger partial charge in [-0.2, -0.15) is 11.8 Å². The summed E-state index contributed by atoms with van der Waals surface area (Å²) in [5, 5.41) is 3.41. The molecule has 0 amide bonds. The van der Waals surface area contributed by atoms with E-state index in [0.717, 1.165) is 35.2 Å². The van der Waals surface area contributed by atoms with Crippen molar-refractivity contribution in [2.75, 3.05) is 36.6 Å². The van der Waals surface area contributed by atoms with E-state index in [-0.39, 0.29) is 0 Å². The highest BCUT2D eigenvalue weighted by Crippen LogP contribution is 2.29. The first-order chi connectivity index (χ1) is 8.81. The molecule has 1 rings (SSSR count). The standard InChI is InChI=1S/C14H23NO2S/c1-4-16-12-7-8-14(17-5-2)13(11-12)15-9-10-18-6-3/h7-8,11,15H,4-6,9-10H2,1-3H3. The minimum absolute atomic E-state index is 0.673. The number of thioether (sulfide) groups is 1. The minimum atomic E-state index is 0.673. The predicted molar refractivity (Wildman–Crippen MR) is 80.3 cm³/mol. The molecule has 18 heavy (non-hydrogen) atoms. The Balaban J connectivity index is 2.66. The molecule has 1 aromatic rings. The Bertz CT molecular complexity index is 345. The highest BCUT2D eigenvalue weighted by atomic mass is 32.2. The molecule has 102 valence electrons. The summed E-state index contributed by atoms with van der Waals surface area (Å²) in [4.78, 5) is 0. The zero-order valence-corrected chi connectivity index (χ0v) is 12.3. The Morgan fingerprint density at radius 3 is 2.56 bits per heavy atom. The van der Waals surface area contributed by atoms with E-state index < -0.39 is 0 Å². The number of nitrogens with one attached hydrogen (secondary N) is 1. The molecular formula is C14H23NO2S. The maximum Gasteiger partial charge on any atom is 0.142 e. The van der Waals surface area contributed by atoms with Crippen molar-refractivity contribution in [1.82, 2.24) is 0 Å². The van der Waals surface area contributed by atoms with Gasteiger partial charge in [-0.05, 0) is 31.7 Å². The van der Waals surface area contributed by atoms with Gasteiger partial charge in [0.2, 0.25) is 0 Å². The Morgan fingerprint density at radius 2 is 1.89 bits per heavy atom. The van der Waals surface area contributed by atoms with Crippen LogP contribution in [-0.4, -0.2) is 31.3 Å². The van der Waals surface area contributed by atoms with Crippen molar-refractivity contribution in [3.05, 3.63) is 18.2 Å². The summed E-state index contributed by atoms with van der Waals surface area (Å²) >= 11 is 1.93. The molecule has 0 spiro atoms. The van der Waals surface area contributed by atoms with Gasteiger partial charge in [0, 0.05) is 18.4 Å². The van der Waals surface area contributed by atoms with Crippen LogP contribution >= 0.6 is 11.8 Å². The van der Waals surface area contributed by atoms with Crippen molar-refractivity contribution in [2.45, 2.75) is 20.8 Å². The smallest absolute Gasteiger partial charge is 0.142 e. The Labute approximate surface area is 114 Å². The fraction of sp³-hybridized carbons (Fsp3) is 0.571. The highest BCUT2D eigenvalue weighted by molar-refractivity contribution is 7.99. The molecule has 1 aromatic carbocycles. The molecule has 4 heteroatoms. The van der Waals surface area contributed by atoms with Crippen molar-refractivity contribution >= 4 is 17.4 Å². The maximum atomic E-state index is 5.60. The van der Waals surface area contributed by atoms with E-state index in [9.17, 15) is 0 Å². The highest BCUT2D eigenvalue weighted by Gasteiger charge is 2.05. The molecule has 0 radical (unpaired) electrons. The van der Waals surface area contributed by atoms with Gasteiger partial charge in [0.1, 0.15) is 11.5 Å². The topological polar surface area (TPSA) is 30.5 Å². The Morgan fingerprint density at radius 1 is 1.11 bits per heavy atom. The van der Waals surface area contributed by atoms with Crippen molar-refractivity contribution in [3.8, 4) is 11.5 Å². The zero-order chi connectivity index (χ0) is 13.2. The molecule has 0 saturated carbocycles. The van der Waals surface area contributed by atoms with Crippen molar-refractivity contribution in [1.29, 1.82) is 0 Å². The average Bonchev–Trinajstić information content (AvgIpc) is 2.38. The van der Waals surface area contributed by atoms with E-state index in [1.165, 1.54) is 0 Å². The summed E-state index contributed by atoms with van der Waals surface area (Å²) in [6.45, 7) is 8.44. The van der Waals surface area contributed by atoms with Gasteiger partial charge in [0.15, 0.2) is 0 Å². The summed E-state index contributed by atoms with van der Waals surface area (Å²) in [6.07, 6.45) is 0. The van der Waals surface area contributed by atoms with Crippen molar-refractivity contribution in [3.63, 3.8) is 0 Å². The van der Waals surface area contributed by atoms with E-state index in [0.29, 0.717) is 13.2 Å². The van der Waals surface area contributed by atoms with E-state index in [1.807, 2.05) is 43.8 Å². The molecular weight excluding hydrogens is 246 g/mol. The molecule has 0 aliphatic rings. The van der Waals surface area contributed by atoms with Gasteiger partial charge in [-0.15, -0.1) is 0 Å². The first-order valence-electron chi connectivity index (χ1n) is 6.53. The minimum Gasteiger partial charge on any atom is -0.494 e. The van der Waals surface area contributed by atoms with Crippen molar-refractivity contribution in [2.24, 2.45) is 0 Å². The molecule has 3 nitrogen and oxygen atoms in total. The van der Waals surface area contributed by atoms with Gasteiger partial charge < -0.3 is 14.8 Å². The second-order valence-corrected chi connectivity index (χ2v) is 5.04. The average molecular weight is 269 g/mol. The lowest BCUT2D eigenvalue weighted by atomic mass is 10.2. The third-order valence-corrected chi connectivity index (χ3v) is 3.23. The normalized spacial score (nSPS) is 10.2. The second kappa shape index (κ2) is 8.97.